The fourth-order valence-corrected chi connectivity index (χ4v) is 2.26. The molecule has 7 nitrogen and oxygen atoms in total. The highest BCUT2D eigenvalue weighted by Crippen LogP contribution is 2.29. The summed E-state index contributed by atoms with van der Waals surface area (Å²) in [6.45, 7) is 2.48. The van der Waals surface area contributed by atoms with E-state index in [0.717, 1.165) is 6.42 Å². The van der Waals surface area contributed by atoms with Crippen LogP contribution >= 0.6 is 0 Å². The highest BCUT2D eigenvalue weighted by molar-refractivity contribution is 5.82. The summed E-state index contributed by atoms with van der Waals surface area (Å²) in [7, 11) is 1.59. The van der Waals surface area contributed by atoms with Crippen molar-refractivity contribution in [2.45, 2.75) is 32.0 Å². The number of amides is 1. The maximum Gasteiger partial charge on any atom is 0.335 e. The molecule has 1 aliphatic rings. The smallest absolute Gasteiger partial charge is 0.335 e. The lowest BCUT2D eigenvalue weighted by molar-refractivity contribution is -0.171. The molecular formula is C12H17N3O4. The largest absolute Gasteiger partial charge is 0.479 e. The van der Waals surface area contributed by atoms with Crippen molar-refractivity contribution in [1.82, 2.24) is 14.7 Å². The Hall–Kier alpha value is -1.89. The second-order valence-corrected chi connectivity index (χ2v) is 4.50. The molecule has 0 aromatic carbocycles. The minimum Gasteiger partial charge on any atom is -0.479 e. The first kappa shape index (κ1) is 13.5. The number of likely N-dealkylation sites (N-methyl/N-ethyl adjacent to an activating group) is 1. The molecule has 1 aromatic rings. The zero-order valence-electron chi connectivity index (χ0n) is 10.9. The van der Waals surface area contributed by atoms with E-state index >= 15 is 0 Å². The lowest BCUT2D eigenvalue weighted by Gasteiger charge is -2.36. The van der Waals surface area contributed by atoms with Gasteiger partial charge in [-0.05, 0) is 12.5 Å². The molecule has 2 rings (SSSR count). The molecular weight excluding hydrogens is 250 g/mol. The normalized spacial score (nSPS) is 23.7. The van der Waals surface area contributed by atoms with Crippen LogP contribution in [-0.2, 0) is 20.9 Å². The Balaban J connectivity index is 2.38. The lowest BCUT2D eigenvalue weighted by Crippen LogP contribution is -2.50. The summed E-state index contributed by atoms with van der Waals surface area (Å²) in [5.41, 5.74) is 0.685. The van der Waals surface area contributed by atoms with Crippen molar-refractivity contribution >= 4 is 11.9 Å². The van der Waals surface area contributed by atoms with Gasteiger partial charge in [0, 0.05) is 19.8 Å². The predicted molar refractivity (Wildman–Crippen MR) is 65.4 cm³/mol. The summed E-state index contributed by atoms with van der Waals surface area (Å²) in [5.74, 6) is -1.31. The number of carboxylic acid groups (broad SMARTS) is 1. The summed E-state index contributed by atoms with van der Waals surface area (Å²) >= 11 is 0. The molecule has 2 atom stereocenters. The molecule has 0 bridgehead atoms. The Labute approximate surface area is 110 Å². The molecule has 1 amide bonds. The molecule has 1 fully saturated rings. The molecule has 1 N–H and O–H groups in total. The van der Waals surface area contributed by atoms with E-state index in [1.807, 2.05) is 6.92 Å². The summed E-state index contributed by atoms with van der Waals surface area (Å²) in [6, 6.07) is 1.09. The predicted octanol–water partition coefficient (Wildman–Crippen LogP) is 0.276. The number of ether oxygens (including phenoxy) is 1. The molecule has 1 saturated heterocycles. The number of nitrogens with zero attached hydrogens (tertiary/aromatic N) is 3. The van der Waals surface area contributed by atoms with E-state index in [9.17, 15) is 14.7 Å². The average molecular weight is 267 g/mol. The molecule has 7 heteroatoms. The van der Waals surface area contributed by atoms with Gasteiger partial charge in [0.05, 0.1) is 5.69 Å². The zero-order valence-corrected chi connectivity index (χ0v) is 10.9. The summed E-state index contributed by atoms with van der Waals surface area (Å²) in [5, 5.41) is 13.4. The van der Waals surface area contributed by atoms with Crippen molar-refractivity contribution in [3.8, 4) is 0 Å². The maximum atomic E-state index is 11.7. The van der Waals surface area contributed by atoms with Gasteiger partial charge in [-0.1, -0.05) is 6.92 Å². The van der Waals surface area contributed by atoms with Gasteiger partial charge in [-0.25, -0.2) is 4.79 Å². The standard InChI is InChI=1S/C12H17N3O4/c1-3-6-15-8(4-5-13-15)10-11(12(17)18)19-7-9(16)14(10)2/h4-5,10-11H,3,6-7H2,1-2H3,(H,17,18). The second kappa shape index (κ2) is 5.40. The number of carbonyl (C=O) groups is 2. The van der Waals surface area contributed by atoms with Crippen molar-refractivity contribution in [2.24, 2.45) is 0 Å². The molecule has 0 saturated carbocycles. The average Bonchev–Trinajstić information content (AvgIpc) is 2.80. The highest BCUT2D eigenvalue weighted by atomic mass is 16.5. The topological polar surface area (TPSA) is 84.7 Å². The lowest BCUT2D eigenvalue weighted by atomic mass is 10.0. The first-order valence-electron chi connectivity index (χ1n) is 6.18. The molecule has 0 radical (unpaired) electrons. The molecule has 0 aliphatic carbocycles. The van der Waals surface area contributed by atoms with Crippen LogP contribution in [0, 0.1) is 0 Å². The second-order valence-electron chi connectivity index (χ2n) is 4.50. The van der Waals surface area contributed by atoms with E-state index in [-0.39, 0.29) is 12.5 Å². The van der Waals surface area contributed by atoms with E-state index in [1.165, 1.54) is 4.90 Å². The van der Waals surface area contributed by atoms with E-state index < -0.39 is 18.1 Å². The van der Waals surface area contributed by atoms with Crippen molar-refractivity contribution in [3.05, 3.63) is 18.0 Å². The number of aromatic nitrogens is 2. The SMILES string of the molecule is CCCn1nccc1C1C(C(=O)O)OCC(=O)N1C. The zero-order chi connectivity index (χ0) is 14.0. The third-order valence-electron chi connectivity index (χ3n) is 3.22. The van der Waals surface area contributed by atoms with Gasteiger partial charge >= 0.3 is 5.97 Å². The van der Waals surface area contributed by atoms with Gasteiger partial charge in [-0.2, -0.15) is 5.10 Å². The third-order valence-corrected chi connectivity index (χ3v) is 3.22. The quantitative estimate of drug-likeness (QED) is 0.846. The first-order chi connectivity index (χ1) is 9.06. The molecule has 104 valence electrons. The summed E-state index contributed by atoms with van der Waals surface area (Å²) in [4.78, 5) is 24.4. The third kappa shape index (κ3) is 2.46. The van der Waals surface area contributed by atoms with Crippen LogP contribution in [0.2, 0.25) is 0 Å². The summed E-state index contributed by atoms with van der Waals surface area (Å²) < 4.78 is 6.88. The van der Waals surface area contributed by atoms with Crippen molar-refractivity contribution in [1.29, 1.82) is 0 Å². The number of carbonyl (C=O) groups excluding carboxylic acids is 1. The van der Waals surface area contributed by atoms with E-state index in [2.05, 4.69) is 5.10 Å². The minimum absolute atomic E-state index is 0.202. The van der Waals surface area contributed by atoms with Crippen LogP contribution in [0.1, 0.15) is 25.1 Å². The maximum absolute atomic E-state index is 11.7. The highest BCUT2D eigenvalue weighted by Gasteiger charge is 2.41. The Morgan fingerprint density at radius 2 is 2.37 bits per heavy atom. The molecule has 19 heavy (non-hydrogen) atoms. The van der Waals surface area contributed by atoms with Crippen LogP contribution in [0.5, 0.6) is 0 Å². The monoisotopic (exact) mass is 267 g/mol. The number of aryl methyl sites for hydroxylation is 1. The molecule has 1 aromatic heterocycles. The van der Waals surface area contributed by atoms with Crippen molar-refractivity contribution in [3.63, 3.8) is 0 Å². The Morgan fingerprint density at radius 3 is 3.00 bits per heavy atom. The van der Waals surface area contributed by atoms with E-state index in [0.29, 0.717) is 12.2 Å². The van der Waals surface area contributed by atoms with Gasteiger partial charge in [0.15, 0.2) is 6.10 Å². The van der Waals surface area contributed by atoms with Gasteiger partial charge < -0.3 is 14.7 Å². The Kier molecular flexibility index (Phi) is 3.84. The molecule has 2 unspecified atom stereocenters. The van der Waals surface area contributed by atoms with Crippen LogP contribution in [0.25, 0.3) is 0 Å². The van der Waals surface area contributed by atoms with Gasteiger partial charge in [0.2, 0.25) is 5.91 Å². The fraction of sp³-hybridized carbons (Fsp3) is 0.583. The fourth-order valence-electron chi connectivity index (χ4n) is 2.26. The molecule has 1 aliphatic heterocycles. The number of carboxylic acids is 1. The number of morpholine rings is 1. The molecule has 2 heterocycles. The van der Waals surface area contributed by atoms with Crippen LogP contribution in [0.3, 0.4) is 0 Å². The number of hydrogen-bond donors (Lipinski definition) is 1. The van der Waals surface area contributed by atoms with E-state index in [1.54, 1.807) is 24.0 Å². The van der Waals surface area contributed by atoms with Crippen molar-refractivity contribution < 1.29 is 19.4 Å². The number of hydrogen-bond acceptors (Lipinski definition) is 4. The van der Waals surface area contributed by atoms with Crippen LogP contribution in [-0.4, -0.2) is 51.4 Å². The van der Waals surface area contributed by atoms with Crippen molar-refractivity contribution in [2.75, 3.05) is 13.7 Å². The van der Waals surface area contributed by atoms with Gasteiger partial charge in [-0.15, -0.1) is 0 Å². The van der Waals surface area contributed by atoms with Gasteiger partial charge in [0.1, 0.15) is 12.6 Å². The number of aliphatic carboxylic acids is 1. The van der Waals surface area contributed by atoms with Gasteiger partial charge in [-0.3, -0.25) is 9.48 Å². The first-order valence-corrected chi connectivity index (χ1v) is 6.18. The Morgan fingerprint density at radius 1 is 1.63 bits per heavy atom. The number of rotatable bonds is 4. The van der Waals surface area contributed by atoms with Crippen LogP contribution in [0.4, 0.5) is 0 Å². The van der Waals surface area contributed by atoms with E-state index in [4.69, 9.17) is 4.74 Å². The summed E-state index contributed by atoms with van der Waals surface area (Å²) in [6.07, 6.45) is 1.42. The molecule has 0 spiro atoms. The Bertz CT molecular complexity index is 485. The van der Waals surface area contributed by atoms with Gasteiger partial charge in [0.25, 0.3) is 0 Å². The van der Waals surface area contributed by atoms with Crippen LogP contribution in [0.15, 0.2) is 12.3 Å². The van der Waals surface area contributed by atoms with Crippen LogP contribution < -0.4 is 0 Å². The minimum atomic E-state index is -1.08.